The number of rotatable bonds is 5. The molecule has 1 N–H and O–H groups in total. The first-order valence-electron chi connectivity index (χ1n) is 7.71. The molecule has 0 aliphatic carbocycles. The van der Waals surface area contributed by atoms with Crippen LogP contribution in [0.1, 0.15) is 37.8 Å². The number of nitrogens with zero attached hydrogens (tertiary/aromatic N) is 1. The Morgan fingerprint density at radius 1 is 1.30 bits per heavy atom. The molecule has 3 heteroatoms. The van der Waals surface area contributed by atoms with Crippen LogP contribution < -0.4 is 10.1 Å². The number of likely N-dealkylation sites (tertiary alicyclic amines) is 1. The molecule has 1 aliphatic rings. The van der Waals surface area contributed by atoms with Crippen molar-refractivity contribution in [3.05, 3.63) is 29.3 Å². The second-order valence-electron chi connectivity index (χ2n) is 6.09. The van der Waals surface area contributed by atoms with E-state index in [9.17, 15) is 0 Å². The summed E-state index contributed by atoms with van der Waals surface area (Å²) >= 11 is 0. The van der Waals surface area contributed by atoms with Crippen LogP contribution in [0.2, 0.25) is 0 Å². The zero-order chi connectivity index (χ0) is 14.5. The lowest BCUT2D eigenvalue weighted by Gasteiger charge is -2.35. The number of ether oxygens (including phenoxy) is 1. The quantitative estimate of drug-likeness (QED) is 0.895. The molecule has 1 saturated heterocycles. The highest BCUT2D eigenvalue weighted by Crippen LogP contribution is 2.19. The monoisotopic (exact) mass is 276 g/mol. The van der Waals surface area contributed by atoms with Gasteiger partial charge in [-0.25, -0.2) is 0 Å². The predicted octanol–water partition coefficient (Wildman–Crippen LogP) is 2.97. The fourth-order valence-electron chi connectivity index (χ4n) is 2.93. The lowest BCUT2D eigenvalue weighted by Crippen LogP contribution is -2.44. The normalized spacial score (nSPS) is 17.6. The molecule has 20 heavy (non-hydrogen) atoms. The van der Waals surface area contributed by atoms with Crippen molar-refractivity contribution in [3.8, 4) is 5.75 Å². The molecule has 0 bridgehead atoms. The Labute approximate surface area is 123 Å². The maximum atomic E-state index is 5.30. The third kappa shape index (κ3) is 3.97. The van der Waals surface area contributed by atoms with Gasteiger partial charge < -0.3 is 15.0 Å². The standard InChI is InChI=1S/C17H28N2O/c1-13(2)19-9-7-16(8-10-19)18-12-15-5-6-17(20-4)14(3)11-15/h5-6,11,13,16,18H,7-10,12H2,1-4H3. The number of benzene rings is 1. The van der Waals surface area contributed by atoms with Gasteiger partial charge in [-0.15, -0.1) is 0 Å². The second kappa shape index (κ2) is 7.09. The van der Waals surface area contributed by atoms with E-state index < -0.39 is 0 Å². The summed E-state index contributed by atoms with van der Waals surface area (Å²) in [5, 5.41) is 3.69. The highest BCUT2D eigenvalue weighted by molar-refractivity contribution is 5.36. The van der Waals surface area contributed by atoms with Crippen LogP contribution >= 0.6 is 0 Å². The van der Waals surface area contributed by atoms with Gasteiger partial charge in [-0.05, 0) is 63.9 Å². The van der Waals surface area contributed by atoms with Gasteiger partial charge >= 0.3 is 0 Å². The summed E-state index contributed by atoms with van der Waals surface area (Å²) in [4.78, 5) is 2.57. The number of piperidine rings is 1. The highest BCUT2D eigenvalue weighted by atomic mass is 16.5. The molecule has 3 nitrogen and oxygen atoms in total. The van der Waals surface area contributed by atoms with E-state index >= 15 is 0 Å². The number of aryl methyl sites for hydroxylation is 1. The van der Waals surface area contributed by atoms with E-state index in [1.54, 1.807) is 7.11 Å². The smallest absolute Gasteiger partial charge is 0.121 e. The SMILES string of the molecule is COc1ccc(CNC2CCN(C(C)C)CC2)cc1C. The van der Waals surface area contributed by atoms with Gasteiger partial charge in [0, 0.05) is 18.6 Å². The summed E-state index contributed by atoms with van der Waals surface area (Å²) in [7, 11) is 1.72. The lowest BCUT2D eigenvalue weighted by atomic mass is 10.0. The molecule has 0 amide bonds. The van der Waals surface area contributed by atoms with Crippen molar-refractivity contribution in [2.75, 3.05) is 20.2 Å². The largest absolute Gasteiger partial charge is 0.496 e. The Morgan fingerprint density at radius 2 is 2.00 bits per heavy atom. The molecule has 2 rings (SSSR count). The third-order valence-corrected chi connectivity index (χ3v) is 4.31. The summed E-state index contributed by atoms with van der Waals surface area (Å²) in [6.07, 6.45) is 2.51. The van der Waals surface area contributed by atoms with Gasteiger partial charge in [0.25, 0.3) is 0 Å². The number of nitrogens with one attached hydrogen (secondary N) is 1. The summed E-state index contributed by atoms with van der Waals surface area (Å²) in [6.45, 7) is 10.1. The maximum Gasteiger partial charge on any atom is 0.121 e. The van der Waals surface area contributed by atoms with E-state index in [-0.39, 0.29) is 0 Å². The molecule has 1 aromatic rings. The van der Waals surface area contributed by atoms with E-state index in [0.717, 1.165) is 12.3 Å². The van der Waals surface area contributed by atoms with Crippen molar-refractivity contribution in [3.63, 3.8) is 0 Å². The molecule has 1 fully saturated rings. The topological polar surface area (TPSA) is 24.5 Å². The molecule has 0 aromatic heterocycles. The average molecular weight is 276 g/mol. The molecular weight excluding hydrogens is 248 g/mol. The van der Waals surface area contributed by atoms with Crippen LogP contribution in [0, 0.1) is 6.92 Å². The maximum absolute atomic E-state index is 5.30. The Hall–Kier alpha value is -1.06. The van der Waals surface area contributed by atoms with Gasteiger partial charge in [0.15, 0.2) is 0 Å². The van der Waals surface area contributed by atoms with Crippen molar-refractivity contribution in [1.29, 1.82) is 0 Å². The molecule has 112 valence electrons. The number of methoxy groups -OCH3 is 1. The van der Waals surface area contributed by atoms with Crippen molar-refractivity contribution in [1.82, 2.24) is 10.2 Å². The van der Waals surface area contributed by atoms with E-state index in [1.165, 1.54) is 37.1 Å². The van der Waals surface area contributed by atoms with Crippen LogP contribution in [0.25, 0.3) is 0 Å². The zero-order valence-electron chi connectivity index (χ0n) is 13.3. The predicted molar refractivity (Wildman–Crippen MR) is 84.3 cm³/mol. The van der Waals surface area contributed by atoms with Gasteiger partial charge in [0.05, 0.1) is 7.11 Å². The first-order chi connectivity index (χ1) is 9.60. The summed E-state index contributed by atoms with van der Waals surface area (Å²) in [5.41, 5.74) is 2.55. The van der Waals surface area contributed by atoms with Gasteiger partial charge in [-0.2, -0.15) is 0 Å². The van der Waals surface area contributed by atoms with Gasteiger partial charge in [0.1, 0.15) is 5.75 Å². The van der Waals surface area contributed by atoms with Gasteiger partial charge in [-0.1, -0.05) is 12.1 Å². The highest BCUT2D eigenvalue weighted by Gasteiger charge is 2.20. The average Bonchev–Trinajstić information content (AvgIpc) is 2.45. The zero-order valence-corrected chi connectivity index (χ0v) is 13.3. The van der Waals surface area contributed by atoms with Crippen LogP contribution in [0.4, 0.5) is 0 Å². The Bertz CT molecular complexity index is 423. The summed E-state index contributed by atoms with van der Waals surface area (Å²) in [6, 6.07) is 7.78. The molecule has 0 spiro atoms. The molecule has 1 heterocycles. The van der Waals surface area contributed by atoms with Gasteiger partial charge in [-0.3, -0.25) is 0 Å². The van der Waals surface area contributed by atoms with E-state index in [2.05, 4.69) is 49.2 Å². The van der Waals surface area contributed by atoms with Gasteiger partial charge in [0.2, 0.25) is 0 Å². The van der Waals surface area contributed by atoms with Crippen molar-refractivity contribution in [2.45, 2.75) is 52.2 Å². The number of hydrogen-bond acceptors (Lipinski definition) is 3. The van der Waals surface area contributed by atoms with Crippen LogP contribution in [-0.2, 0) is 6.54 Å². The number of hydrogen-bond donors (Lipinski definition) is 1. The summed E-state index contributed by atoms with van der Waals surface area (Å²) < 4.78 is 5.30. The van der Waals surface area contributed by atoms with Crippen molar-refractivity contribution >= 4 is 0 Å². The fourth-order valence-corrected chi connectivity index (χ4v) is 2.93. The van der Waals surface area contributed by atoms with E-state index in [4.69, 9.17) is 4.74 Å². The van der Waals surface area contributed by atoms with Crippen LogP contribution in [0.15, 0.2) is 18.2 Å². The Balaban J connectivity index is 1.80. The second-order valence-corrected chi connectivity index (χ2v) is 6.09. The third-order valence-electron chi connectivity index (χ3n) is 4.31. The Kier molecular flexibility index (Phi) is 5.44. The molecule has 0 unspecified atom stereocenters. The Morgan fingerprint density at radius 3 is 2.55 bits per heavy atom. The van der Waals surface area contributed by atoms with Crippen molar-refractivity contribution < 1.29 is 4.74 Å². The molecule has 0 radical (unpaired) electrons. The minimum absolute atomic E-state index is 0.660. The fraction of sp³-hybridized carbons (Fsp3) is 0.647. The molecular formula is C17H28N2O. The molecule has 1 aromatic carbocycles. The molecule has 0 saturated carbocycles. The van der Waals surface area contributed by atoms with Crippen LogP contribution in [0.3, 0.4) is 0 Å². The summed E-state index contributed by atoms with van der Waals surface area (Å²) in [5.74, 6) is 0.971. The van der Waals surface area contributed by atoms with Crippen LogP contribution in [-0.4, -0.2) is 37.2 Å². The minimum atomic E-state index is 0.660. The molecule has 1 aliphatic heterocycles. The first kappa shape index (κ1) is 15.3. The first-order valence-corrected chi connectivity index (χ1v) is 7.71. The van der Waals surface area contributed by atoms with E-state index in [1.807, 2.05) is 0 Å². The molecule has 0 atom stereocenters. The van der Waals surface area contributed by atoms with Crippen molar-refractivity contribution in [2.24, 2.45) is 0 Å². The van der Waals surface area contributed by atoms with Crippen LogP contribution in [0.5, 0.6) is 5.75 Å². The minimum Gasteiger partial charge on any atom is -0.496 e. The van der Waals surface area contributed by atoms with E-state index in [0.29, 0.717) is 12.1 Å². The lowest BCUT2D eigenvalue weighted by molar-refractivity contribution is 0.161.